The van der Waals surface area contributed by atoms with Crippen molar-refractivity contribution >= 4 is 40.8 Å². The molecule has 0 saturated heterocycles. The average Bonchev–Trinajstić information content (AvgIpc) is 3.18. The van der Waals surface area contributed by atoms with E-state index in [0.29, 0.717) is 12.0 Å². The molecule has 0 unspecified atom stereocenters. The molecule has 6 heteroatoms. The van der Waals surface area contributed by atoms with E-state index in [1.165, 1.54) is 25.7 Å². The van der Waals surface area contributed by atoms with Crippen LogP contribution in [0.5, 0.6) is 0 Å². The molecule has 1 aliphatic carbocycles. The summed E-state index contributed by atoms with van der Waals surface area (Å²) in [5, 5.41) is 8.14. The summed E-state index contributed by atoms with van der Waals surface area (Å²) < 4.78 is 5.35. The third-order valence-corrected chi connectivity index (χ3v) is 5.60. The predicted octanol–water partition coefficient (Wildman–Crippen LogP) is 4.50. The summed E-state index contributed by atoms with van der Waals surface area (Å²) in [6, 6.07) is 10.4. The number of methoxy groups -OCH3 is 1. The van der Waals surface area contributed by atoms with Gasteiger partial charge >= 0.3 is 0 Å². The molecule has 5 nitrogen and oxygen atoms in total. The molecular formula is C22H33IN4O. The van der Waals surface area contributed by atoms with Crippen LogP contribution in [-0.4, -0.2) is 37.7 Å². The second-order valence-corrected chi connectivity index (χ2v) is 7.49. The van der Waals surface area contributed by atoms with Crippen molar-refractivity contribution in [3.63, 3.8) is 0 Å². The number of fused-ring (bicyclic) bond motifs is 1. The molecule has 0 radical (unpaired) electrons. The second kappa shape index (κ2) is 11.6. The fourth-order valence-electron chi connectivity index (χ4n) is 4.03. The van der Waals surface area contributed by atoms with Crippen LogP contribution in [0.4, 0.5) is 0 Å². The minimum atomic E-state index is 0. The van der Waals surface area contributed by atoms with E-state index in [1.807, 2.05) is 12.3 Å². The van der Waals surface area contributed by atoms with Gasteiger partial charge in [-0.15, -0.1) is 24.0 Å². The number of guanidine groups is 1. The molecule has 1 saturated carbocycles. The zero-order valence-electron chi connectivity index (χ0n) is 17.0. The van der Waals surface area contributed by atoms with Crippen LogP contribution < -0.4 is 10.6 Å². The molecule has 1 aromatic carbocycles. The van der Waals surface area contributed by atoms with E-state index >= 15 is 0 Å². The number of ether oxygens (including phenoxy) is 1. The first-order valence-electron chi connectivity index (χ1n) is 10.1. The van der Waals surface area contributed by atoms with Crippen LogP contribution in [-0.2, 0) is 11.3 Å². The Labute approximate surface area is 185 Å². The molecule has 28 heavy (non-hydrogen) atoms. The van der Waals surface area contributed by atoms with Crippen LogP contribution in [0.3, 0.4) is 0 Å². The Morgan fingerprint density at radius 2 is 1.96 bits per heavy atom. The van der Waals surface area contributed by atoms with Crippen LogP contribution in [0, 0.1) is 5.41 Å². The summed E-state index contributed by atoms with van der Waals surface area (Å²) >= 11 is 0. The monoisotopic (exact) mass is 496 g/mol. The molecule has 0 bridgehead atoms. The van der Waals surface area contributed by atoms with E-state index in [-0.39, 0.29) is 24.0 Å². The van der Waals surface area contributed by atoms with Crippen molar-refractivity contribution in [2.75, 3.05) is 26.8 Å². The number of aliphatic imine (C=N–C) groups is 1. The van der Waals surface area contributed by atoms with Gasteiger partial charge in [0.15, 0.2) is 5.96 Å². The molecule has 2 aromatic rings. The van der Waals surface area contributed by atoms with Crippen LogP contribution >= 0.6 is 24.0 Å². The fraction of sp³-hybridized carbons (Fsp3) is 0.545. The van der Waals surface area contributed by atoms with Gasteiger partial charge in [-0.3, -0.25) is 4.98 Å². The standard InChI is InChI=1S/C22H32N4O.HI/c1-3-23-21(26-17-22(13-15-27-2)11-4-5-12-22)25-16-19-9-6-8-18-10-7-14-24-20(18)19;/h6-10,14H,3-5,11-13,15-17H2,1-2H3,(H2,23,25,26);1H. The summed E-state index contributed by atoms with van der Waals surface area (Å²) in [6.07, 6.45) is 8.15. The quantitative estimate of drug-likeness (QED) is 0.321. The van der Waals surface area contributed by atoms with Crippen molar-refractivity contribution < 1.29 is 4.74 Å². The molecule has 1 aliphatic rings. The predicted molar refractivity (Wildman–Crippen MR) is 127 cm³/mol. The van der Waals surface area contributed by atoms with Crippen molar-refractivity contribution in [3.05, 3.63) is 42.1 Å². The number of nitrogens with zero attached hydrogens (tertiary/aromatic N) is 2. The molecule has 1 aromatic heterocycles. The zero-order valence-corrected chi connectivity index (χ0v) is 19.4. The van der Waals surface area contributed by atoms with Gasteiger partial charge in [-0.1, -0.05) is 37.1 Å². The Balaban J connectivity index is 0.00000280. The highest BCUT2D eigenvalue weighted by Gasteiger charge is 2.33. The number of rotatable bonds is 8. The van der Waals surface area contributed by atoms with Crippen molar-refractivity contribution in [2.24, 2.45) is 10.4 Å². The van der Waals surface area contributed by atoms with Crippen molar-refractivity contribution in [2.45, 2.75) is 45.6 Å². The third kappa shape index (κ3) is 6.04. The average molecular weight is 496 g/mol. The number of halogens is 1. The summed E-state index contributed by atoms with van der Waals surface area (Å²) in [6.45, 7) is 5.36. The van der Waals surface area contributed by atoms with E-state index in [1.54, 1.807) is 7.11 Å². The Morgan fingerprint density at radius 1 is 1.18 bits per heavy atom. The van der Waals surface area contributed by atoms with Gasteiger partial charge in [0.05, 0.1) is 12.1 Å². The largest absolute Gasteiger partial charge is 0.385 e. The maximum absolute atomic E-state index is 5.35. The fourth-order valence-corrected chi connectivity index (χ4v) is 4.03. The van der Waals surface area contributed by atoms with Crippen molar-refractivity contribution in [3.8, 4) is 0 Å². The van der Waals surface area contributed by atoms with Crippen molar-refractivity contribution in [1.82, 2.24) is 15.6 Å². The lowest BCUT2D eigenvalue weighted by molar-refractivity contribution is 0.138. The highest BCUT2D eigenvalue weighted by atomic mass is 127. The minimum Gasteiger partial charge on any atom is -0.385 e. The molecule has 154 valence electrons. The lowest BCUT2D eigenvalue weighted by atomic mass is 9.83. The zero-order chi connectivity index (χ0) is 19.0. The van der Waals surface area contributed by atoms with Gasteiger partial charge in [-0.2, -0.15) is 0 Å². The number of hydrogen-bond donors (Lipinski definition) is 2. The molecule has 1 fully saturated rings. The molecule has 1 heterocycles. The van der Waals surface area contributed by atoms with Gasteiger partial charge < -0.3 is 15.4 Å². The van der Waals surface area contributed by atoms with Crippen LogP contribution in [0.1, 0.15) is 44.6 Å². The number of nitrogens with one attached hydrogen (secondary N) is 2. The van der Waals surface area contributed by atoms with Gasteiger partial charge in [0.1, 0.15) is 0 Å². The van der Waals surface area contributed by atoms with E-state index in [0.717, 1.165) is 48.5 Å². The molecule has 2 N–H and O–H groups in total. The number of pyridine rings is 1. The first-order valence-corrected chi connectivity index (χ1v) is 10.1. The molecule has 0 amide bonds. The minimum absolute atomic E-state index is 0. The molecule has 0 spiro atoms. The third-order valence-electron chi connectivity index (χ3n) is 5.60. The first kappa shape index (κ1) is 22.9. The lowest BCUT2D eigenvalue weighted by Gasteiger charge is -2.30. The maximum atomic E-state index is 5.35. The summed E-state index contributed by atoms with van der Waals surface area (Å²) in [7, 11) is 1.79. The second-order valence-electron chi connectivity index (χ2n) is 7.49. The lowest BCUT2D eigenvalue weighted by Crippen LogP contribution is -2.43. The number of para-hydroxylation sites is 1. The highest BCUT2D eigenvalue weighted by molar-refractivity contribution is 14.0. The van der Waals surface area contributed by atoms with Crippen LogP contribution in [0.2, 0.25) is 0 Å². The smallest absolute Gasteiger partial charge is 0.191 e. The Kier molecular flexibility index (Phi) is 9.44. The van der Waals surface area contributed by atoms with Gasteiger partial charge in [-0.05, 0) is 43.2 Å². The molecular weight excluding hydrogens is 463 g/mol. The van der Waals surface area contributed by atoms with Crippen molar-refractivity contribution in [1.29, 1.82) is 0 Å². The van der Waals surface area contributed by atoms with Gasteiger partial charge in [-0.25, -0.2) is 4.99 Å². The van der Waals surface area contributed by atoms with E-state index in [2.05, 4.69) is 46.8 Å². The number of aromatic nitrogens is 1. The molecule has 0 atom stereocenters. The SMILES string of the molecule is CCNC(=NCc1cccc2cccnc12)NCC1(CCOC)CCCC1.I. The number of hydrogen-bond acceptors (Lipinski definition) is 3. The Bertz CT molecular complexity index is 754. The normalized spacial score (nSPS) is 16.0. The number of benzene rings is 1. The van der Waals surface area contributed by atoms with Gasteiger partial charge in [0.25, 0.3) is 0 Å². The Morgan fingerprint density at radius 3 is 2.71 bits per heavy atom. The molecule has 0 aliphatic heterocycles. The summed E-state index contributed by atoms with van der Waals surface area (Å²) in [5.74, 6) is 0.883. The van der Waals surface area contributed by atoms with E-state index in [9.17, 15) is 0 Å². The first-order chi connectivity index (χ1) is 13.3. The van der Waals surface area contributed by atoms with Gasteiger partial charge in [0, 0.05) is 38.4 Å². The van der Waals surface area contributed by atoms with E-state index < -0.39 is 0 Å². The maximum Gasteiger partial charge on any atom is 0.191 e. The summed E-state index contributed by atoms with van der Waals surface area (Å²) in [4.78, 5) is 9.36. The Hall–Kier alpha value is -1.41. The summed E-state index contributed by atoms with van der Waals surface area (Å²) in [5.41, 5.74) is 2.53. The topological polar surface area (TPSA) is 58.5 Å². The van der Waals surface area contributed by atoms with Gasteiger partial charge in [0.2, 0.25) is 0 Å². The van der Waals surface area contributed by atoms with E-state index in [4.69, 9.17) is 9.73 Å². The van der Waals surface area contributed by atoms with Crippen LogP contribution in [0.25, 0.3) is 10.9 Å². The molecule has 3 rings (SSSR count). The highest BCUT2D eigenvalue weighted by Crippen LogP contribution is 2.40. The van der Waals surface area contributed by atoms with Crippen LogP contribution in [0.15, 0.2) is 41.5 Å².